The standard InChI is InChI=1S/C23H22N4O3S2/c1-14-5-2-6-15(11-14)25-18(28)13-31-23-26-19-17-8-3-9-24-21(17)32-20(19)22(29)27(23)12-16-7-4-10-30-16/h2-3,5-6,8-9,11,16H,4,7,10,12-13H2,1H3,(H,25,28)/t16-/m0/s1. The van der Waals surface area contributed by atoms with Crippen LogP contribution in [0.5, 0.6) is 0 Å². The van der Waals surface area contributed by atoms with Gasteiger partial charge in [-0.2, -0.15) is 0 Å². The molecule has 1 N–H and O–H groups in total. The summed E-state index contributed by atoms with van der Waals surface area (Å²) in [7, 11) is 0. The van der Waals surface area contributed by atoms with Crippen molar-refractivity contribution >= 4 is 55.1 Å². The zero-order valence-corrected chi connectivity index (χ0v) is 19.2. The number of aryl methyl sites for hydroxylation is 1. The minimum atomic E-state index is -0.143. The topological polar surface area (TPSA) is 86.1 Å². The second-order valence-electron chi connectivity index (χ2n) is 7.79. The molecule has 1 aliphatic rings. The van der Waals surface area contributed by atoms with E-state index in [9.17, 15) is 9.59 Å². The number of ether oxygens (including phenoxy) is 1. The van der Waals surface area contributed by atoms with E-state index in [-0.39, 0.29) is 23.3 Å². The third-order valence-electron chi connectivity index (χ3n) is 5.36. The molecule has 5 rings (SSSR count). The molecule has 3 aromatic heterocycles. The van der Waals surface area contributed by atoms with Crippen LogP contribution in [0.3, 0.4) is 0 Å². The number of fused-ring (bicyclic) bond motifs is 3. The molecule has 1 saturated heterocycles. The average molecular weight is 467 g/mol. The third kappa shape index (κ3) is 4.28. The Kier molecular flexibility index (Phi) is 5.95. The van der Waals surface area contributed by atoms with Crippen LogP contribution in [0.1, 0.15) is 18.4 Å². The Morgan fingerprint density at radius 3 is 3.06 bits per heavy atom. The Morgan fingerprint density at radius 2 is 2.25 bits per heavy atom. The van der Waals surface area contributed by atoms with E-state index in [1.54, 1.807) is 10.8 Å². The van der Waals surface area contributed by atoms with Crippen LogP contribution in [0.25, 0.3) is 20.4 Å². The third-order valence-corrected chi connectivity index (χ3v) is 7.43. The Balaban J connectivity index is 1.47. The highest BCUT2D eigenvalue weighted by atomic mass is 32.2. The summed E-state index contributed by atoms with van der Waals surface area (Å²) in [5.41, 5.74) is 2.37. The molecule has 0 saturated carbocycles. The van der Waals surface area contributed by atoms with Gasteiger partial charge in [-0.25, -0.2) is 9.97 Å². The van der Waals surface area contributed by atoms with Gasteiger partial charge in [0, 0.05) is 23.9 Å². The first kappa shape index (κ1) is 21.1. The van der Waals surface area contributed by atoms with Crippen LogP contribution in [-0.2, 0) is 16.1 Å². The summed E-state index contributed by atoms with van der Waals surface area (Å²) in [5, 5.41) is 4.30. The minimum absolute atomic E-state index is 0.0140. The van der Waals surface area contributed by atoms with Crippen LogP contribution in [0.4, 0.5) is 5.69 Å². The first-order valence-corrected chi connectivity index (χ1v) is 12.3. The maximum atomic E-state index is 13.4. The summed E-state index contributed by atoms with van der Waals surface area (Å²) in [4.78, 5) is 36.0. The second kappa shape index (κ2) is 9.01. The maximum absolute atomic E-state index is 13.4. The average Bonchev–Trinajstić information content (AvgIpc) is 3.42. The fourth-order valence-electron chi connectivity index (χ4n) is 3.85. The van der Waals surface area contributed by atoms with E-state index in [0.29, 0.717) is 28.5 Å². The number of nitrogens with zero attached hydrogens (tertiary/aromatic N) is 3. The SMILES string of the molecule is Cc1cccc(NC(=O)CSc2nc3c(sc4ncccc43)c(=O)n2C[C@@H]2CCCO2)c1. The molecular formula is C23H22N4O3S2. The fourth-order valence-corrected chi connectivity index (χ4v) is 5.69. The van der Waals surface area contributed by atoms with Gasteiger partial charge in [-0.1, -0.05) is 23.9 Å². The molecule has 1 aromatic carbocycles. The molecule has 9 heteroatoms. The van der Waals surface area contributed by atoms with Crippen LogP contribution in [0, 0.1) is 6.92 Å². The molecule has 1 aliphatic heterocycles. The van der Waals surface area contributed by atoms with E-state index in [1.165, 1.54) is 23.1 Å². The number of thiophene rings is 1. The van der Waals surface area contributed by atoms with Crippen molar-refractivity contribution in [2.24, 2.45) is 0 Å². The molecule has 164 valence electrons. The van der Waals surface area contributed by atoms with Gasteiger partial charge in [0.05, 0.1) is 23.9 Å². The van der Waals surface area contributed by atoms with Gasteiger partial charge in [-0.3, -0.25) is 14.2 Å². The smallest absolute Gasteiger partial charge is 0.272 e. The van der Waals surface area contributed by atoms with Crippen LogP contribution in [0.15, 0.2) is 52.5 Å². The van der Waals surface area contributed by atoms with Gasteiger partial charge in [0.1, 0.15) is 9.53 Å². The fraction of sp³-hybridized carbons (Fsp3) is 0.304. The number of thioether (sulfide) groups is 1. The summed E-state index contributed by atoms with van der Waals surface area (Å²) in [6.45, 7) is 3.13. The number of pyridine rings is 1. The summed E-state index contributed by atoms with van der Waals surface area (Å²) in [6, 6.07) is 11.4. The number of benzene rings is 1. The first-order chi connectivity index (χ1) is 15.6. The highest BCUT2D eigenvalue weighted by Crippen LogP contribution is 2.31. The van der Waals surface area contributed by atoms with E-state index in [0.717, 1.165) is 34.3 Å². The highest BCUT2D eigenvalue weighted by Gasteiger charge is 2.22. The molecular weight excluding hydrogens is 444 g/mol. The van der Waals surface area contributed by atoms with Crippen molar-refractivity contribution in [1.82, 2.24) is 14.5 Å². The molecule has 0 radical (unpaired) electrons. The first-order valence-electron chi connectivity index (χ1n) is 10.5. The largest absolute Gasteiger partial charge is 0.376 e. The molecule has 32 heavy (non-hydrogen) atoms. The van der Waals surface area contributed by atoms with Gasteiger partial charge in [0.25, 0.3) is 5.56 Å². The number of hydrogen-bond donors (Lipinski definition) is 1. The van der Waals surface area contributed by atoms with Crippen molar-refractivity contribution in [2.45, 2.75) is 37.6 Å². The van der Waals surface area contributed by atoms with Gasteiger partial charge in [-0.05, 0) is 49.6 Å². The normalized spacial score (nSPS) is 16.1. The minimum Gasteiger partial charge on any atom is -0.376 e. The molecule has 0 unspecified atom stereocenters. The summed E-state index contributed by atoms with van der Waals surface area (Å²) < 4.78 is 8.02. The number of carbonyl (C=O) groups is 1. The number of aromatic nitrogens is 3. The Hall–Kier alpha value is -2.75. The molecule has 4 heterocycles. The lowest BCUT2D eigenvalue weighted by Crippen LogP contribution is -2.28. The Bertz CT molecular complexity index is 1360. The molecule has 1 atom stereocenters. The number of carbonyl (C=O) groups excluding carboxylic acids is 1. The molecule has 0 aliphatic carbocycles. The molecule has 1 amide bonds. The van der Waals surface area contributed by atoms with Crippen molar-refractivity contribution in [2.75, 3.05) is 17.7 Å². The highest BCUT2D eigenvalue weighted by molar-refractivity contribution is 7.99. The zero-order valence-electron chi connectivity index (χ0n) is 17.5. The van der Waals surface area contributed by atoms with Crippen LogP contribution < -0.4 is 10.9 Å². The monoisotopic (exact) mass is 466 g/mol. The van der Waals surface area contributed by atoms with E-state index in [1.807, 2.05) is 43.3 Å². The summed E-state index contributed by atoms with van der Waals surface area (Å²) >= 11 is 2.63. The van der Waals surface area contributed by atoms with E-state index < -0.39 is 0 Å². The van der Waals surface area contributed by atoms with Crippen molar-refractivity contribution < 1.29 is 9.53 Å². The van der Waals surface area contributed by atoms with Gasteiger partial charge >= 0.3 is 0 Å². The van der Waals surface area contributed by atoms with Crippen molar-refractivity contribution in [3.8, 4) is 0 Å². The lowest BCUT2D eigenvalue weighted by atomic mass is 10.2. The van der Waals surface area contributed by atoms with E-state index >= 15 is 0 Å². The van der Waals surface area contributed by atoms with Gasteiger partial charge < -0.3 is 10.1 Å². The van der Waals surface area contributed by atoms with E-state index in [2.05, 4.69) is 10.3 Å². The van der Waals surface area contributed by atoms with E-state index in [4.69, 9.17) is 9.72 Å². The molecule has 7 nitrogen and oxygen atoms in total. The molecule has 0 spiro atoms. The number of nitrogens with one attached hydrogen (secondary N) is 1. The number of amides is 1. The lowest BCUT2D eigenvalue weighted by Gasteiger charge is -2.15. The number of anilines is 1. The van der Waals surface area contributed by atoms with Crippen molar-refractivity contribution in [1.29, 1.82) is 0 Å². The Labute approximate surface area is 192 Å². The van der Waals surface area contributed by atoms with Crippen molar-refractivity contribution in [3.63, 3.8) is 0 Å². The van der Waals surface area contributed by atoms with Crippen LogP contribution >= 0.6 is 23.1 Å². The maximum Gasteiger partial charge on any atom is 0.272 e. The van der Waals surface area contributed by atoms with Crippen molar-refractivity contribution in [3.05, 3.63) is 58.5 Å². The predicted molar refractivity (Wildman–Crippen MR) is 129 cm³/mol. The van der Waals surface area contributed by atoms with Gasteiger partial charge in [0.15, 0.2) is 5.16 Å². The number of hydrogen-bond acceptors (Lipinski definition) is 7. The molecule has 1 fully saturated rings. The van der Waals surface area contributed by atoms with Gasteiger partial charge in [-0.15, -0.1) is 11.3 Å². The molecule has 0 bridgehead atoms. The van der Waals surface area contributed by atoms with Crippen LogP contribution in [-0.4, -0.2) is 38.9 Å². The second-order valence-corrected chi connectivity index (χ2v) is 9.73. The quantitative estimate of drug-likeness (QED) is 0.338. The summed E-state index contributed by atoms with van der Waals surface area (Å²) in [6.07, 6.45) is 3.60. The predicted octanol–water partition coefficient (Wildman–Crippen LogP) is 4.22. The number of rotatable bonds is 6. The summed E-state index contributed by atoms with van der Waals surface area (Å²) in [5.74, 6) is 0.00743. The molecule has 4 aromatic rings. The van der Waals surface area contributed by atoms with Crippen LogP contribution in [0.2, 0.25) is 0 Å². The Morgan fingerprint density at radius 1 is 1.34 bits per heavy atom. The zero-order chi connectivity index (χ0) is 22.1. The van der Waals surface area contributed by atoms with Gasteiger partial charge in [0.2, 0.25) is 5.91 Å². The lowest BCUT2D eigenvalue weighted by molar-refractivity contribution is -0.113.